The molecule has 0 aromatic heterocycles. The molecule has 0 rings (SSSR count). The van der Waals surface area contributed by atoms with E-state index in [1.807, 2.05) is 0 Å². The van der Waals surface area contributed by atoms with Crippen LogP contribution in [0.3, 0.4) is 0 Å². The van der Waals surface area contributed by atoms with Gasteiger partial charge in [0.05, 0.1) is 18.7 Å². The van der Waals surface area contributed by atoms with Crippen molar-refractivity contribution in [2.24, 2.45) is 11.7 Å². The maximum atomic E-state index is 11.7. The Morgan fingerprint density at radius 1 is 1.44 bits per heavy atom. The Bertz CT molecular complexity index is 195. The van der Waals surface area contributed by atoms with Gasteiger partial charge in [0, 0.05) is 0 Å². The zero-order valence-corrected chi connectivity index (χ0v) is 10.7. The summed E-state index contributed by atoms with van der Waals surface area (Å²) < 4.78 is 0. The third-order valence-electron chi connectivity index (χ3n) is 2.53. The SMILES string of the molecule is CCCCC(N)C(=O)NC(CO)CC(C)C. The van der Waals surface area contributed by atoms with Crippen LogP contribution in [0.5, 0.6) is 0 Å². The molecule has 1 amide bonds. The first-order valence-corrected chi connectivity index (χ1v) is 6.18. The molecule has 2 atom stereocenters. The number of amides is 1. The second-order valence-electron chi connectivity index (χ2n) is 4.77. The number of aliphatic hydroxyl groups is 1. The van der Waals surface area contributed by atoms with Crippen molar-refractivity contribution in [1.82, 2.24) is 5.32 Å². The van der Waals surface area contributed by atoms with E-state index in [1.54, 1.807) is 0 Å². The summed E-state index contributed by atoms with van der Waals surface area (Å²) in [6, 6.07) is -0.610. The molecule has 0 aliphatic heterocycles. The highest BCUT2D eigenvalue weighted by molar-refractivity contribution is 5.81. The predicted molar refractivity (Wildman–Crippen MR) is 66.0 cm³/mol. The normalized spacial score (nSPS) is 14.9. The zero-order chi connectivity index (χ0) is 12.6. The first kappa shape index (κ1) is 15.4. The van der Waals surface area contributed by atoms with Crippen molar-refractivity contribution >= 4 is 5.91 Å². The Labute approximate surface area is 98.6 Å². The molecule has 0 saturated carbocycles. The van der Waals surface area contributed by atoms with Crippen molar-refractivity contribution in [3.63, 3.8) is 0 Å². The molecule has 0 aliphatic rings. The van der Waals surface area contributed by atoms with Crippen LogP contribution in [-0.4, -0.2) is 29.7 Å². The van der Waals surface area contributed by atoms with Gasteiger partial charge in [0.25, 0.3) is 0 Å². The summed E-state index contributed by atoms with van der Waals surface area (Å²) in [7, 11) is 0. The van der Waals surface area contributed by atoms with Crippen molar-refractivity contribution in [2.45, 2.75) is 58.5 Å². The number of rotatable bonds is 8. The zero-order valence-electron chi connectivity index (χ0n) is 10.7. The number of nitrogens with one attached hydrogen (secondary N) is 1. The monoisotopic (exact) mass is 230 g/mol. The van der Waals surface area contributed by atoms with E-state index in [9.17, 15) is 4.79 Å². The largest absolute Gasteiger partial charge is 0.394 e. The van der Waals surface area contributed by atoms with Crippen LogP contribution in [0.15, 0.2) is 0 Å². The quantitative estimate of drug-likeness (QED) is 0.583. The van der Waals surface area contributed by atoms with Gasteiger partial charge < -0.3 is 16.2 Å². The second kappa shape index (κ2) is 8.53. The molecule has 0 aliphatic carbocycles. The molecule has 0 fully saturated rings. The molecule has 0 aromatic carbocycles. The fraction of sp³-hybridized carbons (Fsp3) is 0.917. The maximum absolute atomic E-state index is 11.7. The molecule has 16 heavy (non-hydrogen) atoms. The van der Waals surface area contributed by atoms with E-state index in [4.69, 9.17) is 10.8 Å². The number of nitrogens with two attached hydrogens (primary N) is 1. The van der Waals surface area contributed by atoms with Crippen LogP contribution in [0.2, 0.25) is 0 Å². The van der Waals surface area contributed by atoms with Gasteiger partial charge in [-0.1, -0.05) is 33.6 Å². The minimum atomic E-state index is -0.443. The molecule has 0 bridgehead atoms. The van der Waals surface area contributed by atoms with E-state index >= 15 is 0 Å². The van der Waals surface area contributed by atoms with Gasteiger partial charge in [-0.2, -0.15) is 0 Å². The number of hydrogen-bond acceptors (Lipinski definition) is 3. The predicted octanol–water partition coefficient (Wildman–Crippen LogP) is 1.03. The Kier molecular flexibility index (Phi) is 8.21. The highest BCUT2D eigenvalue weighted by Crippen LogP contribution is 2.05. The molecular weight excluding hydrogens is 204 g/mol. The average Bonchev–Trinajstić information content (AvgIpc) is 2.23. The molecule has 0 spiro atoms. The molecule has 0 radical (unpaired) electrons. The van der Waals surface area contributed by atoms with Gasteiger partial charge in [0.1, 0.15) is 0 Å². The standard InChI is InChI=1S/C12H26N2O2/c1-4-5-6-11(13)12(16)14-10(8-15)7-9(2)3/h9-11,15H,4-8,13H2,1-3H3,(H,14,16). The van der Waals surface area contributed by atoms with Gasteiger partial charge in [-0.15, -0.1) is 0 Å². The molecular formula is C12H26N2O2. The summed E-state index contributed by atoms with van der Waals surface area (Å²) in [6.07, 6.45) is 3.49. The smallest absolute Gasteiger partial charge is 0.237 e. The number of carbonyl (C=O) groups excluding carboxylic acids is 1. The Morgan fingerprint density at radius 2 is 2.06 bits per heavy atom. The molecule has 4 nitrogen and oxygen atoms in total. The molecule has 2 unspecified atom stereocenters. The van der Waals surface area contributed by atoms with Crippen molar-refractivity contribution in [3.05, 3.63) is 0 Å². The van der Waals surface area contributed by atoms with E-state index in [0.29, 0.717) is 12.3 Å². The van der Waals surface area contributed by atoms with Gasteiger partial charge in [-0.25, -0.2) is 0 Å². The van der Waals surface area contributed by atoms with Gasteiger partial charge in [-0.05, 0) is 18.8 Å². The van der Waals surface area contributed by atoms with E-state index in [1.165, 1.54) is 0 Å². The van der Waals surface area contributed by atoms with E-state index in [-0.39, 0.29) is 18.6 Å². The lowest BCUT2D eigenvalue weighted by Gasteiger charge is -2.20. The highest BCUT2D eigenvalue weighted by atomic mass is 16.3. The maximum Gasteiger partial charge on any atom is 0.237 e. The van der Waals surface area contributed by atoms with Gasteiger partial charge in [0.2, 0.25) is 5.91 Å². The third kappa shape index (κ3) is 6.80. The van der Waals surface area contributed by atoms with Crippen LogP contribution < -0.4 is 11.1 Å². The third-order valence-corrected chi connectivity index (χ3v) is 2.53. The van der Waals surface area contributed by atoms with Crippen LogP contribution in [0.25, 0.3) is 0 Å². The van der Waals surface area contributed by atoms with Gasteiger partial charge in [-0.3, -0.25) is 4.79 Å². The lowest BCUT2D eigenvalue weighted by molar-refractivity contribution is -0.123. The van der Waals surface area contributed by atoms with Crippen LogP contribution in [0, 0.1) is 5.92 Å². The Morgan fingerprint density at radius 3 is 2.50 bits per heavy atom. The molecule has 0 heterocycles. The van der Waals surface area contributed by atoms with Crippen LogP contribution in [-0.2, 0) is 4.79 Å². The second-order valence-corrected chi connectivity index (χ2v) is 4.77. The first-order chi connectivity index (χ1) is 7.51. The Hall–Kier alpha value is -0.610. The first-order valence-electron chi connectivity index (χ1n) is 6.18. The van der Waals surface area contributed by atoms with Crippen LogP contribution in [0.4, 0.5) is 0 Å². The summed E-state index contributed by atoms with van der Waals surface area (Å²) in [4.78, 5) is 11.7. The van der Waals surface area contributed by atoms with Crippen molar-refractivity contribution in [3.8, 4) is 0 Å². The molecule has 0 saturated heterocycles. The fourth-order valence-corrected chi connectivity index (χ4v) is 1.61. The number of hydrogen-bond donors (Lipinski definition) is 3. The summed E-state index contributed by atoms with van der Waals surface area (Å²) in [5.74, 6) is 0.303. The molecule has 4 heteroatoms. The topological polar surface area (TPSA) is 75.4 Å². The average molecular weight is 230 g/mol. The van der Waals surface area contributed by atoms with E-state index in [0.717, 1.165) is 19.3 Å². The lowest BCUT2D eigenvalue weighted by atomic mass is 10.0. The lowest BCUT2D eigenvalue weighted by Crippen LogP contribution is -2.47. The van der Waals surface area contributed by atoms with Gasteiger partial charge in [0.15, 0.2) is 0 Å². The van der Waals surface area contributed by atoms with E-state index in [2.05, 4.69) is 26.1 Å². The van der Waals surface area contributed by atoms with E-state index < -0.39 is 6.04 Å². The highest BCUT2D eigenvalue weighted by Gasteiger charge is 2.17. The number of aliphatic hydroxyl groups excluding tert-OH is 1. The summed E-state index contributed by atoms with van der Waals surface area (Å²) in [5.41, 5.74) is 5.74. The number of unbranched alkanes of at least 4 members (excludes halogenated alkanes) is 1. The van der Waals surface area contributed by atoms with Crippen LogP contribution in [0.1, 0.15) is 46.5 Å². The summed E-state index contributed by atoms with van der Waals surface area (Å²) >= 11 is 0. The fourth-order valence-electron chi connectivity index (χ4n) is 1.61. The van der Waals surface area contributed by atoms with Crippen molar-refractivity contribution < 1.29 is 9.90 Å². The van der Waals surface area contributed by atoms with Crippen molar-refractivity contribution in [1.29, 1.82) is 0 Å². The minimum Gasteiger partial charge on any atom is -0.394 e. The van der Waals surface area contributed by atoms with Gasteiger partial charge >= 0.3 is 0 Å². The molecule has 4 N–H and O–H groups in total. The van der Waals surface area contributed by atoms with Crippen LogP contribution >= 0.6 is 0 Å². The Balaban J connectivity index is 3.98. The molecule has 0 aromatic rings. The van der Waals surface area contributed by atoms with Crippen molar-refractivity contribution in [2.75, 3.05) is 6.61 Å². The summed E-state index contributed by atoms with van der Waals surface area (Å²) in [6.45, 7) is 6.17. The minimum absolute atomic E-state index is 0.0234. The number of carbonyl (C=O) groups is 1. The molecule has 96 valence electrons. The summed E-state index contributed by atoms with van der Waals surface area (Å²) in [5, 5.41) is 11.9.